The molecule has 21 heavy (non-hydrogen) atoms. The van der Waals surface area contributed by atoms with Crippen molar-refractivity contribution in [1.29, 1.82) is 0 Å². The molecule has 0 heterocycles. The summed E-state index contributed by atoms with van der Waals surface area (Å²) in [4.78, 5) is 15.9. The summed E-state index contributed by atoms with van der Waals surface area (Å²) >= 11 is 6.01. The number of hydrogen-bond acceptors (Lipinski definition) is 2. The lowest BCUT2D eigenvalue weighted by Crippen LogP contribution is -2.38. The molecule has 0 atom stereocenters. The molecule has 114 valence electrons. The van der Waals surface area contributed by atoms with Crippen molar-refractivity contribution in [2.75, 3.05) is 25.5 Å². The van der Waals surface area contributed by atoms with E-state index < -0.39 is 0 Å². The van der Waals surface area contributed by atoms with E-state index in [1.807, 2.05) is 19.1 Å². The molecule has 1 aromatic rings. The molecule has 1 aromatic carbocycles. The number of nitrogens with zero attached hydrogens (tertiary/aromatic N) is 1. The maximum absolute atomic E-state index is 11.9. The summed E-state index contributed by atoms with van der Waals surface area (Å²) < 4.78 is 0. The summed E-state index contributed by atoms with van der Waals surface area (Å²) in [6, 6.07) is 5.44. The van der Waals surface area contributed by atoms with Crippen molar-refractivity contribution >= 4 is 29.2 Å². The second-order valence-electron chi connectivity index (χ2n) is 4.38. The lowest BCUT2D eigenvalue weighted by atomic mass is 10.2. The van der Waals surface area contributed by atoms with Gasteiger partial charge in [-0.15, -0.1) is 6.58 Å². The second kappa shape index (κ2) is 9.02. The number of carbonyl (C=O) groups excluding carboxylic acids is 1. The van der Waals surface area contributed by atoms with Crippen LogP contribution in [0.15, 0.2) is 35.8 Å². The average Bonchev–Trinajstić information content (AvgIpc) is 2.47. The van der Waals surface area contributed by atoms with E-state index in [1.165, 1.54) is 0 Å². The summed E-state index contributed by atoms with van der Waals surface area (Å²) in [6.07, 6.45) is 2.07. The highest BCUT2D eigenvalue weighted by Crippen LogP contribution is 2.22. The number of hydrogen-bond donors (Lipinski definition) is 3. The predicted octanol–water partition coefficient (Wildman–Crippen LogP) is 2.33. The van der Waals surface area contributed by atoms with Crippen LogP contribution in [0, 0.1) is 6.92 Å². The number of nitrogens with one attached hydrogen (secondary N) is 3. The van der Waals surface area contributed by atoms with Gasteiger partial charge >= 0.3 is 0 Å². The van der Waals surface area contributed by atoms with E-state index in [9.17, 15) is 4.79 Å². The van der Waals surface area contributed by atoms with Gasteiger partial charge in [0.05, 0.1) is 0 Å². The molecule has 0 aliphatic rings. The number of carbonyl (C=O) groups is 1. The monoisotopic (exact) mass is 308 g/mol. The fourth-order valence-electron chi connectivity index (χ4n) is 1.64. The number of rotatable bonds is 6. The molecule has 5 nitrogen and oxygen atoms in total. The molecule has 6 heteroatoms. The molecule has 0 aliphatic carbocycles. The fourth-order valence-corrected chi connectivity index (χ4v) is 1.81. The van der Waals surface area contributed by atoms with Crippen LogP contribution in [0.4, 0.5) is 5.69 Å². The summed E-state index contributed by atoms with van der Waals surface area (Å²) in [5, 5.41) is 9.57. The highest BCUT2D eigenvalue weighted by Gasteiger charge is 2.06. The fraction of sp³-hybridized carbons (Fsp3) is 0.333. The normalized spacial score (nSPS) is 10.9. The van der Waals surface area contributed by atoms with E-state index in [4.69, 9.17) is 11.6 Å². The maximum atomic E-state index is 11.9. The highest BCUT2D eigenvalue weighted by atomic mass is 35.5. The molecule has 3 N–H and O–H groups in total. The van der Waals surface area contributed by atoms with Crippen molar-refractivity contribution < 1.29 is 4.79 Å². The van der Waals surface area contributed by atoms with Crippen molar-refractivity contribution in [2.24, 2.45) is 4.99 Å². The molecule has 0 aromatic heterocycles. The SMILES string of the molecule is C=CCNC(=NC)NCCC(=O)Nc1cccc(Cl)c1C. The van der Waals surface area contributed by atoms with E-state index >= 15 is 0 Å². The van der Waals surface area contributed by atoms with Gasteiger partial charge in [0.1, 0.15) is 0 Å². The van der Waals surface area contributed by atoms with Crippen LogP contribution in [-0.2, 0) is 4.79 Å². The molecule has 0 fully saturated rings. The molecule has 0 spiro atoms. The van der Waals surface area contributed by atoms with Gasteiger partial charge in [-0.05, 0) is 24.6 Å². The molecular formula is C15H21ClN4O. The van der Waals surface area contributed by atoms with E-state index in [-0.39, 0.29) is 5.91 Å². The molecular weight excluding hydrogens is 288 g/mol. The standard InChI is InChI=1S/C15H21ClN4O/c1-4-9-18-15(17-3)19-10-8-14(21)20-13-7-5-6-12(16)11(13)2/h4-7H,1,8-10H2,2-3H3,(H,20,21)(H2,17,18,19). The molecule has 0 unspecified atom stereocenters. The van der Waals surface area contributed by atoms with Gasteiger partial charge < -0.3 is 16.0 Å². The Hall–Kier alpha value is -2.01. The Morgan fingerprint density at radius 2 is 2.19 bits per heavy atom. The lowest BCUT2D eigenvalue weighted by Gasteiger charge is -2.11. The molecule has 0 radical (unpaired) electrons. The van der Waals surface area contributed by atoms with E-state index in [1.54, 1.807) is 19.2 Å². The predicted molar refractivity (Wildman–Crippen MR) is 89.0 cm³/mol. The number of amides is 1. The van der Waals surface area contributed by atoms with Crippen molar-refractivity contribution in [3.8, 4) is 0 Å². The van der Waals surface area contributed by atoms with E-state index in [2.05, 4.69) is 27.5 Å². The quantitative estimate of drug-likeness (QED) is 0.429. The molecule has 0 saturated heterocycles. The Morgan fingerprint density at radius 1 is 1.43 bits per heavy atom. The van der Waals surface area contributed by atoms with Crippen LogP contribution in [0.25, 0.3) is 0 Å². The van der Waals surface area contributed by atoms with Gasteiger partial charge in [0, 0.05) is 37.3 Å². The number of halogens is 1. The number of benzene rings is 1. The largest absolute Gasteiger partial charge is 0.356 e. The summed E-state index contributed by atoms with van der Waals surface area (Å²) in [5.74, 6) is 0.564. The first kappa shape index (κ1) is 17.0. The Morgan fingerprint density at radius 3 is 2.86 bits per heavy atom. The first-order valence-corrected chi connectivity index (χ1v) is 7.06. The van der Waals surface area contributed by atoms with Gasteiger partial charge in [-0.3, -0.25) is 9.79 Å². The zero-order valence-electron chi connectivity index (χ0n) is 12.4. The van der Waals surface area contributed by atoms with Crippen LogP contribution in [0.2, 0.25) is 5.02 Å². The smallest absolute Gasteiger partial charge is 0.226 e. The van der Waals surface area contributed by atoms with Gasteiger partial charge in [-0.1, -0.05) is 23.7 Å². The van der Waals surface area contributed by atoms with Crippen LogP contribution < -0.4 is 16.0 Å². The Labute approximate surface area is 130 Å². The molecule has 0 saturated carbocycles. The van der Waals surface area contributed by atoms with E-state index in [0.717, 1.165) is 11.3 Å². The summed E-state index contributed by atoms with van der Waals surface area (Å²) in [6.45, 7) is 6.60. The summed E-state index contributed by atoms with van der Waals surface area (Å²) in [5.41, 5.74) is 1.60. The van der Waals surface area contributed by atoms with Crippen LogP contribution in [0.5, 0.6) is 0 Å². The Kier molecular flexibility index (Phi) is 7.32. The first-order chi connectivity index (χ1) is 10.1. The van der Waals surface area contributed by atoms with Gasteiger partial charge in [0.2, 0.25) is 5.91 Å². The van der Waals surface area contributed by atoms with Crippen molar-refractivity contribution in [1.82, 2.24) is 10.6 Å². The zero-order valence-corrected chi connectivity index (χ0v) is 13.1. The van der Waals surface area contributed by atoms with Gasteiger partial charge in [0.15, 0.2) is 5.96 Å². The Bertz CT molecular complexity index is 528. The minimum Gasteiger partial charge on any atom is -0.356 e. The van der Waals surface area contributed by atoms with Crippen LogP contribution in [-0.4, -0.2) is 32.0 Å². The topological polar surface area (TPSA) is 65.5 Å². The number of anilines is 1. The second-order valence-corrected chi connectivity index (χ2v) is 4.79. The van der Waals surface area contributed by atoms with Gasteiger partial charge in [-0.25, -0.2) is 0 Å². The van der Waals surface area contributed by atoms with Crippen molar-refractivity contribution in [3.63, 3.8) is 0 Å². The van der Waals surface area contributed by atoms with Crippen molar-refractivity contribution in [3.05, 3.63) is 41.4 Å². The minimum atomic E-state index is -0.0768. The maximum Gasteiger partial charge on any atom is 0.226 e. The molecule has 1 amide bonds. The first-order valence-electron chi connectivity index (χ1n) is 6.69. The third kappa shape index (κ3) is 5.87. The van der Waals surface area contributed by atoms with Gasteiger partial charge in [-0.2, -0.15) is 0 Å². The van der Waals surface area contributed by atoms with Crippen LogP contribution in [0.3, 0.4) is 0 Å². The van der Waals surface area contributed by atoms with Crippen LogP contribution >= 0.6 is 11.6 Å². The molecule has 0 aliphatic heterocycles. The lowest BCUT2D eigenvalue weighted by molar-refractivity contribution is -0.116. The molecule has 1 rings (SSSR count). The van der Waals surface area contributed by atoms with Gasteiger partial charge in [0.25, 0.3) is 0 Å². The highest BCUT2D eigenvalue weighted by molar-refractivity contribution is 6.31. The zero-order chi connectivity index (χ0) is 15.7. The average molecular weight is 309 g/mol. The number of guanidine groups is 1. The van der Waals surface area contributed by atoms with Crippen LogP contribution in [0.1, 0.15) is 12.0 Å². The van der Waals surface area contributed by atoms with Crippen molar-refractivity contribution in [2.45, 2.75) is 13.3 Å². The van der Waals surface area contributed by atoms with E-state index in [0.29, 0.717) is 30.5 Å². The minimum absolute atomic E-state index is 0.0768. The molecule has 0 bridgehead atoms. The number of aliphatic imine (C=N–C) groups is 1. The third-order valence-electron chi connectivity index (χ3n) is 2.82. The Balaban J connectivity index is 2.41. The third-order valence-corrected chi connectivity index (χ3v) is 3.23. The summed E-state index contributed by atoms with van der Waals surface area (Å²) in [7, 11) is 1.67.